The maximum Gasteiger partial charge on any atom is 0.225 e. The molecule has 1 fully saturated rings. The third kappa shape index (κ3) is 5.17. The molecule has 2 amide bonds. The number of hydrogen-bond donors (Lipinski definition) is 1. The Hall–Kier alpha value is -3.60. The van der Waals surface area contributed by atoms with E-state index in [4.69, 9.17) is 4.74 Å². The van der Waals surface area contributed by atoms with Gasteiger partial charge in [0.25, 0.3) is 0 Å². The number of para-hydroxylation sites is 1. The van der Waals surface area contributed by atoms with E-state index in [1.807, 2.05) is 72.8 Å². The van der Waals surface area contributed by atoms with Crippen molar-refractivity contribution in [2.45, 2.75) is 25.4 Å². The number of nitrogens with one attached hydrogen (secondary N) is 1. The van der Waals surface area contributed by atoms with Gasteiger partial charge in [-0.05, 0) is 23.6 Å². The molecule has 1 saturated heterocycles. The van der Waals surface area contributed by atoms with Crippen molar-refractivity contribution in [3.8, 4) is 5.75 Å². The molecule has 5 heteroatoms. The van der Waals surface area contributed by atoms with Crippen molar-refractivity contribution in [3.05, 3.63) is 102 Å². The molecule has 4 rings (SSSR count). The molecule has 1 aliphatic heterocycles. The molecule has 5 nitrogen and oxygen atoms in total. The average molecular weight is 429 g/mol. The van der Waals surface area contributed by atoms with Crippen molar-refractivity contribution in [2.24, 2.45) is 5.92 Å². The molecule has 3 aromatic carbocycles. The zero-order valence-corrected chi connectivity index (χ0v) is 18.2. The van der Waals surface area contributed by atoms with Gasteiger partial charge in [0.05, 0.1) is 19.1 Å². The summed E-state index contributed by atoms with van der Waals surface area (Å²) in [6.07, 6.45) is 0.927. The lowest BCUT2D eigenvalue weighted by molar-refractivity contribution is -0.129. The number of carbonyl (C=O) groups is 2. The van der Waals surface area contributed by atoms with Crippen LogP contribution in [-0.4, -0.2) is 30.4 Å². The first kappa shape index (κ1) is 21.6. The standard InChI is InChI=1S/C27H28N2O3/c1-32-25-15-9-8-14-22(25)18-29-19-23(17-26(29)30)27(31)28-24(21-12-6-3-7-13-21)16-20-10-4-2-5-11-20/h2-15,23-24H,16-19H2,1H3,(H,28,31). The summed E-state index contributed by atoms with van der Waals surface area (Å²) in [6, 6.07) is 27.6. The van der Waals surface area contributed by atoms with E-state index < -0.39 is 0 Å². The van der Waals surface area contributed by atoms with Gasteiger partial charge in [0.2, 0.25) is 11.8 Å². The second-order valence-corrected chi connectivity index (χ2v) is 8.15. The van der Waals surface area contributed by atoms with Crippen molar-refractivity contribution in [1.82, 2.24) is 10.2 Å². The Morgan fingerprint density at radius 2 is 1.66 bits per heavy atom. The third-order valence-electron chi connectivity index (χ3n) is 5.94. The minimum absolute atomic E-state index is 0.00428. The molecular weight excluding hydrogens is 400 g/mol. The summed E-state index contributed by atoms with van der Waals surface area (Å²) in [7, 11) is 1.62. The van der Waals surface area contributed by atoms with Crippen LogP contribution in [0, 0.1) is 5.92 Å². The van der Waals surface area contributed by atoms with Crippen molar-refractivity contribution in [2.75, 3.05) is 13.7 Å². The number of amides is 2. The minimum atomic E-state index is -0.362. The van der Waals surface area contributed by atoms with Gasteiger partial charge in [-0.25, -0.2) is 0 Å². The second-order valence-electron chi connectivity index (χ2n) is 8.15. The molecule has 0 aliphatic carbocycles. The van der Waals surface area contributed by atoms with E-state index >= 15 is 0 Å². The van der Waals surface area contributed by atoms with Crippen LogP contribution in [-0.2, 0) is 22.6 Å². The van der Waals surface area contributed by atoms with E-state index in [0.717, 1.165) is 22.4 Å². The average Bonchev–Trinajstić information content (AvgIpc) is 3.20. The lowest BCUT2D eigenvalue weighted by Gasteiger charge is -2.22. The van der Waals surface area contributed by atoms with E-state index in [1.165, 1.54) is 0 Å². The smallest absolute Gasteiger partial charge is 0.225 e. The highest BCUT2D eigenvalue weighted by atomic mass is 16.5. The molecule has 0 aromatic heterocycles. The Kier molecular flexibility index (Phi) is 6.85. The molecule has 1 N–H and O–H groups in total. The number of nitrogens with zero attached hydrogens (tertiary/aromatic N) is 1. The molecule has 1 aliphatic rings. The topological polar surface area (TPSA) is 58.6 Å². The molecule has 164 valence electrons. The number of benzene rings is 3. The van der Waals surface area contributed by atoms with Crippen LogP contribution in [0.1, 0.15) is 29.2 Å². The molecule has 2 atom stereocenters. The number of carbonyl (C=O) groups excluding carboxylic acids is 2. The maximum absolute atomic E-state index is 13.2. The predicted molar refractivity (Wildman–Crippen MR) is 124 cm³/mol. The maximum atomic E-state index is 13.2. The first-order chi connectivity index (χ1) is 15.6. The van der Waals surface area contributed by atoms with Gasteiger partial charge in [0, 0.05) is 25.1 Å². The van der Waals surface area contributed by atoms with Gasteiger partial charge < -0.3 is 15.0 Å². The summed E-state index contributed by atoms with van der Waals surface area (Å²) in [5, 5.41) is 3.21. The van der Waals surface area contributed by atoms with Gasteiger partial charge in [0.1, 0.15) is 5.75 Å². The highest BCUT2D eigenvalue weighted by Gasteiger charge is 2.35. The normalized spacial score (nSPS) is 16.6. The van der Waals surface area contributed by atoms with Crippen molar-refractivity contribution in [3.63, 3.8) is 0 Å². The lowest BCUT2D eigenvalue weighted by atomic mass is 9.97. The predicted octanol–water partition coefficient (Wildman–Crippen LogP) is 4.14. The van der Waals surface area contributed by atoms with Crippen LogP contribution in [0.3, 0.4) is 0 Å². The van der Waals surface area contributed by atoms with Crippen LogP contribution in [0.5, 0.6) is 5.75 Å². The summed E-state index contributed by atoms with van der Waals surface area (Å²) in [5.41, 5.74) is 3.15. The summed E-state index contributed by atoms with van der Waals surface area (Å²) >= 11 is 0. The Morgan fingerprint density at radius 3 is 2.38 bits per heavy atom. The Balaban J connectivity index is 1.45. The van der Waals surface area contributed by atoms with Gasteiger partial charge in [-0.2, -0.15) is 0 Å². The van der Waals surface area contributed by atoms with Crippen LogP contribution in [0.15, 0.2) is 84.9 Å². The largest absolute Gasteiger partial charge is 0.496 e. The molecule has 2 unspecified atom stereocenters. The molecule has 32 heavy (non-hydrogen) atoms. The first-order valence-electron chi connectivity index (χ1n) is 10.9. The van der Waals surface area contributed by atoms with Crippen LogP contribution in [0.4, 0.5) is 0 Å². The first-order valence-corrected chi connectivity index (χ1v) is 10.9. The molecule has 1 heterocycles. The van der Waals surface area contributed by atoms with Gasteiger partial charge >= 0.3 is 0 Å². The summed E-state index contributed by atoms with van der Waals surface area (Å²) in [4.78, 5) is 27.6. The zero-order valence-electron chi connectivity index (χ0n) is 18.2. The SMILES string of the molecule is COc1ccccc1CN1CC(C(=O)NC(Cc2ccccc2)c2ccccc2)CC1=O. The van der Waals surface area contributed by atoms with Gasteiger partial charge in [-0.1, -0.05) is 78.9 Å². The highest BCUT2D eigenvalue weighted by Crippen LogP contribution is 2.26. The monoisotopic (exact) mass is 428 g/mol. The number of rotatable bonds is 8. The zero-order chi connectivity index (χ0) is 22.3. The number of methoxy groups -OCH3 is 1. The highest BCUT2D eigenvalue weighted by molar-refractivity contribution is 5.89. The molecule has 0 radical (unpaired) electrons. The fourth-order valence-electron chi connectivity index (χ4n) is 4.22. The summed E-state index contributed by atoms with van der Waals surface area (Å²) in [5.74, 6) is 0.306. The van der Waals surface area contributed by atoms with Crippen molar-refractivity contribution < 1.29 is 14.3 Å². The van der Waals surface area contributed by atoms with E-state index in [2.05, 4.69) is 17.4 Å². The van der Waals surface area contributed by atoms with E-state index in [9.17, 15) is 9.59 Å². The second kappa shape index (κ2) is 10.1. The fourth-order valence-corrected chi connectivity index (χ4v) is 4.22. The Morgan fingerprint density at radius 1 is 1.00 bits per heavy atom. The quantitative estimate of drug-likeness (QED) is 0.587. The van der Waals surface area contributed by atoms with Crippen molar-refractivity contribution in [1.29, 1.82) is 0 Å². The van der Waals surface area contributed by atoms with Crippen LogP contribution in [0.25, 0.3) is 0 Å². The summed E-state index contributed by atoms with van der Waals surface area (Å²) < 4.78 is 5.41. The van der Waals surface area contributed by atoms with Crippen molar-refractivity contribution >= 4 is 11.8 Å². The lowest BCUT2D eigenvalue weighted by Crippen LogP contribution is -2.36. The number of likely N-dealkylation sites (tertiary alicyclic amines) is 1. The Bertz CT molecular complexity index is 1050. The molecule has 0 saturated carbocycles. The summed E-state index contributed by atoms with van der Waals surface area (Å²) in [6.45, 7) is 0.855. The number of hydrogen-bond acceptors (Lipinski definition) is 3. The Labute approximate surface area is 189 Å². The van der Waals surface area contributed by atoms with Crippen LogP contribution < -0.4 is 10.1 Å². The molecule has 0 spiro atoms. The van der Waals surface area contributed by atoms with Crippen LogP contribution >= 0.6 is 0 Å². The molecule has 0 bridgehead atoms. The fraction of sp³-hybridized carbons (Fsp3) is 0.259. The van der Waals surface area contributed by atoms with E-state index in [1.54, 1.807) is 12.0 Å². The third-order valence-corrected chi connectivity index (χ3v) is 5.94. The van der Waals surface area contributed by atoms with E-state index in [0.29, 0.717) is 19.5 Å². The van der Waals surface area contributed by atoms with E-state index in [-0.39, 0.29) is 30.2 Å². The van der Waals surface area contributed by atoms with Gasteiger partial charge in [-0.15, -0.1) is 0 Å². The molecular formula is C27H28N2O3. The number of ether oxygens (including phenoxy) is 1. The van der Waals surface area contributed by atoms with Gasteiger partial charge in [-0.3, -0.25) is 9.59 Å². The van der Waals surface area contributed by atoms with Gasteiger partial charge in [0.15, 0.2) is 0 Å². The minimum Gasteiger partial charge on any atom is -0.496 e. The molecule has 3 aromatic rings. The van der Waals surface area contributed by atoms with Crippen LogP contribution in [0.2, 0.25) is 0 Å².